The summed E-state index contributed by atoms with van der Waals surface area (Å²) in [6.07, 6.45) is 4.01. The summed E-state index contributed by atoms with van der Waals surface area (Å²) < 4.78 is 0. The van der Waals surface area contributed by atoms with Gasteiger partial charge in [-0.1, -0.05) is 37.3 Å². The zero-order chi connectivity index (χ0) is 23.5. The van der Waals surface area contributed by atoms with E-state index in [2.05, 4.69) is 10.3 Å². The van der Waals surface area contributed by atoms with E-state index in [-0.39, 0.29) is 17.2 Å². The molecule has 3 aromatic rings. The molecule has 33 heavy (non-hydrogen) atoms. The van der Waals surface area contributed by atoms with E-state index in [1.165, 1.54) is 11.8 Å². The third kappa shape index (κ3) is 4.25. The molecule has 0 aliphatic carbocycles. The number of amides is 2. The Bertz CT molecular complexity index is 1230. The van der Waals surface area contributed by atoms with Gasteiger partial charge in [-0.3, -0.25) is 24.3 Å². The molecule has 166 valence electrons. The van der Waals surface area contributed by atoms with Gasteiger partial charge in [-0.25, -0.2) is 0 Å². The van der Waals surface area contributed by atoms with Crippen molar-refractivity contribution in [2.24, 2.45) is 0 Å². The van der Waals surface area contributed by atoms with Gasteiger partial charge in [-0.05, 0) is 47.9 Å². The smallest absolute Gasteiger partial charge is 0.300 e. The molecule has 1 atom stereocenters. The molecule has 0 spiro atoms. The van der Waals surface area contributed by atoms with Crippen molar-refractivity contribution < 1.29 is 19.5 Å². The van der Waals surface area contributed by atoms with Gasteiger partial charge in [0.1, 0.15) is 5.76 Å². The normalized spacial score (nSPS) is 17.3. The van der Waals surface area contributed by atoms with Gasteiger partial charge < -0.3 is 10.4 Å². The number of ketones is 1. The fraction of sp³-hybridized carbons (Fsp3) is 0.154. The second-order valence-corrected chi connectivity index (χ2v) is 7.73. The minimum absolute atomic E-state index is 0.00295. The van der Waals surface area contributed by atoms with Crippen LogP contribution in [0.4, 0.5) is 11.4 Å². The van der Waals surface area contributed by atoms with Gasteiger partial charge in [0.15, 0.2) is 0 Å². The number of aryl methyl sites for hydroxylation is 1. The van der Waals surface area contributed by atoms with Crippen LogP contribution in [0.15, 0.2) is 78.6 Å². The van der Waals surface area contributed by atoms with Crippen molar-refractivity contribution in [1.29, 1.82) is 0 Å². The van der Waals surface area contributed by atoms with Crippen LogP contribution >= 0.6 is 0 Å². The van der Waals surface area contributed by atoms with Crippen molar-refractivity contribution >= 4 is 34.7 Å². The molecule has 0 bridgehead atoms. The van der Waals surface area contributed by atoms with E-state index < -0.39 is 17.7 Å². The molecule has 2 aromatic carbocycles. The molecule has 0 radical (unpaired) electrons. The molecule has 1 aromatic heterocycles. The van der Waals surface area contributed by atoms with E-state index in [9.17, 15) is 19.5 Å². The van der Waals surface area contributed by atoms with Gasteiger partial charge in [0.2, 0.25) is 5.91 Å². The lowest BCUT2D eigenvalue weighted by Gasteiger charge is -2.25. The van der Waals surface area contributed by atoms with Crippen LogP contribution in [0.25, 0.3) is 5.76 Å². The summed E-state index contributed by atoms with van der Waals surface area (Å²) in [4.78, 5) is 43.1. The van der Waals surface area contributed by atoms with Crippen LogP contribution in [0, 0.1) is 0 Å². The van der Waals surface area contributed by atoms with E-state index in [4.69, 9.17) is 0 Å². The van der Waals surface area contributed by atoms with Crippen LogP contribution < -0.4 is 10.2 Å². The Morgan fingerprint density at radius 1 is 1.06 bits per heavy atom. The van der Waals surface area contributed by atoms with Crippen molar-refractivity contribution in [3.05, 3.63) is 95.3 Å². The lowest BCUT2D eigenvalue weighted by atomic mass is 9.95. The third-order valence-electron chi connectivity index (χ3n) is 5.55. The Kier molecular flexibility index (Phi) is 6.04. The van der Waals surface area contributed by atoms with Crippen molar-refractivity contribution in [3.63, 3.8) is 0 Å². The molecule has 2 heterocycles. The number of carbonyl (C=O) groups is 3. The first-order valence-electron chi connectivity index (χ1n) is 10.6. The number of nitrogens with one attached hydrogen (secondary N) is 1. The molecule has 1 aliphatic heterocycles. The maximum absolute atomic E-state index is 13.1. The molecule has 0 saturated carbocycles. The van der Waals surface area contributed by atoms with E-state index in [0.717, 1.165) is 12.0 Å². The number of aliphatic hydroxyl groups excluding tert-OH is 1. The van der Waals surface area contributed by atoms with Crippen molar-refractivity contribution in [1.82, 2.24) is 4.98 Å². The highest BCUT2D eigenvalue weighted by atomic mass is 16.3. The van der Waals surface area contributed by atoms with Crippen molar-refractivity contribution in [3.8, 4) is 0 Å². The number of anilines is 2. The van der Waals surface area contributed by atoms with Gasteiger partial charge in [0, 0.05) is 36.3 Å². The molecule has 1 unspecified atom stereocenters. The number of Topliss-reactive ketones (excluding diaryl/α,β-unsaturated/α-hetero) is 1. The maximum atomic E-state index is 13.1. The summed E-state index contributed by atoms with van der Waals surface area (Å²) in [6, 6.07) is 16.5. The average molecular weight is 441 g/mol. The molecule has 1 saturated heterocycles. The highest BCUT2D eigenvalue weighted by Crippen LogP contribution is 2.42. The molecule has 2 amide bonds. The Balaban J connectivity index is 1.84. The fourth-order valence-electron chi connectivity index (χ4n) is 3.91. The predicted molar refractivity (Wildman–Crippen MR) is 126 cm³/mol. The van der Waals surface area contributed by atoms with Crippen LogP contribution in [0.2, 0.25) is 0 Å². The molecule has 1 fully saturated rings. The summed E-state index contributed by atoms with van der Waals surface area (Å²) in [6.45, 7) is 3.43. The average Bonchev–Trinajstić information content (AvgIpc) is 3.10. The Morgan fingerprint density at radius 2 is 1.76 bits per heavy atom. The van der Waals surface area contributed by atoms with Gasteiger partial charge in [-0.15, -0.1) is 0 Å². The third-order valence-corrected chi connectivity index (χ3v) is 5.55. The van der Waals surface area contributed by atoms with E-state index in [1.54, 1.807) is 60.9 Å². The zero-order valence-electron chi connectivity index (χ0n) is 18.3. The predicted octanol–water partition coefficient (Wildman–Crippen LogP) is 4.23. The summed E-state index contributed by atoms with van der Waals surface area (Å²) in [5.41, 5.74) is 3.17. The number of aromatic nitrogens is 1. The first kappa shape index (κ1) is 22.0. The lowest BCUT2D eigenvalue weighted by molar-refractivity contribution is -0.132. The Labute approximate surface area is 191 Å². The SMILES string of the molecule is CCc1ccc(/C(O)=C2/C(=O)C(=O)N(c3ccc(NC(C)=O)cc3)C2c2cccnc2)cc1. The summed E-state index contributed by atoms with van der Waals surface area (Å²) in [5, 5.41) is 13.8. The second-order valence-electron chi connectivity index (χ2n) is 7.73. The Hall–Kier alpha value is -4.26. The second kappa shape index (κ2) is 9.08. The summed E-state index contributed by atoms with van der Waals surface area (Å²) >= 11 is 0. The summed E-state index contributed by atoms with van der Waals surface area (Å²) in [5.74, 6) is -1.97. The number of carbonyl (C=O) groups excluding carboxylic acids is 3. The van der Waals surface area contributed by atoms with Gasteiger partial charge in [-0.2, -0.15) is 0 Å². The number of pyridine rings is 1. The fourth-order valence-corrected chi connectivity index (χ4v) is 3.91. The quantitative estimate of drug-likeness (QED) is 0.351. The topological polar surface area (TPSA) is 99.6 Å². The molecular weight excluding hydrogens is 418 g/mol. The largest absolute Gasteiger partial charge is 0.507 e. The van der Waals surface area contributed by atoms with Crippen LogP contribution in [-0.2, 0) is 20.8 Å². The van der Waals surface area contributed by atoms with Crippen molar-refractivity contribution in [2.45, 2.75) is 26.3 Å². The van der Waals surface area contributed by atoms with Crippen LogP contribution in [0.1, 0.15) is 36.6 Å². The molecule has 4 rings (SSSR count). The number of rotatable bonds is 5. The van der Waals surface area contributed by atoms with Crippen LogP contribution in [-0.4, -0.2) is 27.7 Å². The van der Waals surface area contributed by atoms with Crippen LogP contribution in [0.5, 0.6) is 0 Å². The highest BCUT2D eigenvalue weighted by molar-refractivity contribution is 6.51. The van der Waals surface area contributed by atoms with Crippen LogP contribution in [0.3, 0.4) is 0 Å². The number of benzene rings is 2. The highest BCUT2D eigenvalue weighted by Gasteiger charge is 2.47. The molecule has 7 heteroatoms. The maximum Gasteiger partial charge on any atom is 0.300 e. The van der Waals surface area contributed by atoms with Gasteiger partial charge in [0.05, 0.1) is 11.6 Å². The first-order chi connectivity index (χ1) is 15.9. The monoisotopic (exact) mass is 441 g/mol. The number of aliphatic hydroxyl groups is 1. The zero-order valence-corrected chi connectivity index (χ0v) is 18.3. The van der Waals surface area contributed by atoms with E-state index in [1.807, 2.05) is 19.1 Å². The van der Waals surface area contributed by atoms with Crippen molar-refractivity contribution in [2.75, 3.05) is 10.2 Å². The van der Waals surface area contributed by atoms with E-state index >= 15 is 0 Å². The minimum Gasteiger partial charge on any atom is -0.507 e. The molecular formula is C26H23N3O4. The number of nitrogens with zero attached hydrogens (tertiary/aromatic N) is 2. The van der Waals surface area contributed by atoms with Gasteiger partial charge in [0.25, 0.3) is 11.7 Å². The number of hydrogen-bond acceptors (Lipinski definition) is 5. The lowest BCUT2D eigenvalue weighted by Crippen LogP contribution is -2.29. The summed E-state index contributed by atoms with van der Waals surface area (Å²) in [7, 11) is 0. The molecule has 2 N–H and O–H groups in total. The minimum atomic E-state index is -0.851. The standard InChI is InChI=1S/C26H23N3O4/c1-3-17-6-8-18(9-7-17)24(31)22-23(19-5-4-14-27-15-19)29(26(33)25(22)32)21-12-10-20(11-13-21)28-16(2)30/h4-15,23,31H,3H2,1-2H3,(H,28,30)/b24-22-. The Morgan fingerprint density at radius 3 is 2.33 bits per heavy atom. The number of hydrogen-bond donors (Lipinski definition) is 2. The first-order valence-corrected chi connectivity index (χ1v) is 10.6. The van der Waals surface area contributed by atoms with Gasteiger partial charge >= 0.3 is 0 Å². The van der Waals surface area contributed by atoms with E-state index in [0.29, 0.717) is 22.5 Å². The molecule has 7 nitrogen and oxygen atoms in total. The molecule has 1 aliphatic rings.